The van der Waals surface area contributed by atoms with Crippen molar-refractivity contribution in [3.63, 3.8) is 0 Å². The van der Waals surface area contributed by atoms with Crippen LogP contribution >= 0.6 is 31.9 Å². The molecule has 5 heteroatoms. The molecule has 3 nitrogen and oxygen atoms in total. The normalized spacial score (nSPS) is 10.2. The van der Waals surface area contributed by atoms with Crippen molar-refractivity contribution >= 4 is 37.7 Å². The molecule has 0 unspecified atom stereocenters. The first-order valence-corrected chi connectivity index (χ1v) is 6.08. The van der Waals surface area contributed by atoms with Gasteiger partial charge < -0.3 is 11.1 Å². The Morgan fingerprint density at radius 2 is 2.07 bits per heavy atom. The molecule has 0 aliphatic rings. The van der Waals surface area contributed by atoms with Gasteiger partial charge in [-0.05, 0) is 63.4 Å². The lowest BCUT2D eigenvalue weighted by molar-refractivity contribution is 0.772. The largest absolute Gasteiger partial charge is 0.370 e. The molecule has 1 aromatic rings. The highest BCUT2D eigenvalue weighted by Gasteiger charge is 1.98. The molecular formula is C9H13Br2N3. The number of aromatic nitrogens is 1. The van der Waals surface area contributed by atoms with E-state index in [1.165, 1.54) is 0 Å². The molecule has 3 N–H and O–H groups in total. The average molecular weight is 323 g/mol. The van der Waals surface area contributed by atoms with Crippen LogP contribution in [0.4, 0.5) is 5.82 Å². The van der Waals surface area contributed by atoms with Gasteiger partial charge in [0.25, 0.3) is 0 Å². The molecule has 0 amide bonds. The van der Waals surface area contributed by atoms with Gasteiger partial charge in [0.1, 0.15) is 10.4 Å². The van der Waals surface area contributed by atoms with E-state index in [-0.39, 0.29) is 0 Å². The predicted molar refractivity (Wildman–Crippen MR) is 66.4 cm³/mol. The van der Waals surface area contributed by atoms with Crippen LogP contribution in [0.3, 0.4) is 0 Å². The van der Waals surface area contributed by atoms with E-state index in [2.05, 4.69) is 42.2 Å². The molecular weight excluding hydrogens is 310 g/mol. The van der Waals surface area contributed by atoms with E-state index in [1.54, 1.807) is 0 Å². The topological polar surface area (TPSA) is 50.9 Å². The zero-order chi connectivity index (χ0) is 10.4. The zero-order valence-corrected chi connectivity index (χ0v) is 10.9. The summed E-state index contributed by atoms with van der Waals surface area (Å²) < 4.78 is 1.78. The number of hydrogen-bond donors (Lipinski definition) is 2. The van der Waals surface area contributed by atoms with Crippen LogP contribution in [0.15, 0.2) is 21.2 Å². The van der Waals surface area contributed by atoms with Gasteiger partial charge in [0.05, 0.1) is 4.47 Å². The molecule has 0 fully saturated rings. The lowest BCUT2D eigenvalue weighted by Gasteiger charge is -2.05. The fourth-order valence-corrected chi connectivity index (χ4v) is 1.55. The Kier molecular flexibility index (Phi) is 5.44. The molecule has 0 spiro atoms. The predicted octanol–water partition coefficient (Wildman–Crippen LogP) is 2.76. The van der Waals surface area contributed by atoms with E-state index >= 15 is 0 Å². The highest BCUT2D eigenvalue weighted by Crippen LogP contribution is 2.22. The quantitative estimate of drug-likeness (QED) is 0.647. The fourth-order valence-electron chi connectivity index (χ4n) is 1.00. The number of unbranched alkanes of at least 4 members (excludes halogenated alkanes) is 1. The summed E-state index contributed by atoms with van der Waals surface area (Å²) in [7, 11) is 0. The zero-order valence-electron chi connectivity index (χ0n) is 7.76. The van der Waals surface area contributed by atoms with Gasteiger partial charge in [0, 0.05) is 6.54 Å². The van der Waals surface area contributed by atoms with Crippen molar-refractivity contribution in [1.29, 1.82) is 0 Å². The van der Waals surface area contributed by atoms with Crippen molar-refractivity contribution in [3.05, 3.63) is 21.2 Å². The fraction of sp³-hybridized carbons (Fsp3) is 0.444. The number of anilines is 1. The molecule has 0 aromatic carbocycles. The van der Waals surface area contributed by atoms with Crippen LogP contribution < -0.4 is 11.1 Å². The standard InChI is InChI=1S/C9H13Br2N3/c10-7-3-4-8(14-9(7)11)13-6-2-1-5-12/h3-4H,1-2,5-6,12H2,(H,13,14). The Hall–Kier alpha value is -0.130. The minimum absolute atomic E-state index is 0.749. The van der Waals surface area contributed by atoms with Crippen molar-refractivity contribution in [2.75, 3.05) is 18.4 Å². The summed E-state index contributed by atoms with van der Waals surface area (Å²) in [5.74, 6) is 0.886. The molecule has 0 atom stereocenters. The van der Waals surface area contributed by atoms with Gasteiger partial charge in [-0.15, -0.1) is 0 Å². The smallest absolute Gasteiger partial charge is 0.127 e. The molecule has 0 saturated carbocycles. The SMILES string of the molecule is NCCCCNc1ccc(Br)c(Br)n1. The van der Waals surface area contributed by atoms with Crippen LogP contribution in [-0.2, 0) is 0 Å². The van der Waals surface area contributed by atoms with Gasteiger partial charge in [-0.2, -0.15) is 0 Å². The minimum atomic E-state index is 0.749. The van der Waals surface area contributed by atoms with Crippen LogP contribution in [0.5, 0.6) is 0 Å². The van der Waals surface area contributed by atoms with Gasteiger partial charge in [-0.25, -0.2) is 4.98 Å². The van der Waals surface area contributed by atoms with E-state index in [0.29, 0.717) is 0 Å². The second-order valence-corrected chi connectivity index (χ2v) is 4.50. The van der Waals surface area contributed by atoms with E-state index in [4.69, 9.17) is 5.73 Å². The van der Waals surface area contributed by atoms with Crippen LogP contribution in [0.2, 0.25) is 0 Å². The van der Waals surface area contributed by atoms with Crippen molar-refractivity contribution in [3.8, 4) is 0 Å². The third kappa shape index (κ3) is 3.94. The van der Waals surface area contributed by atoms with Gasteiger partial charge in [-0.1, -0.05) is 0 Å². The van der Waals surface area contributed by atoms with Gasteiger partial charge in [0.15, 0.2) is 0 Å². The summed E-state index contributed by atoms with van der Waals surface area (Å²) in [6.45, 7) is 1.66. The third-order valence-electron chi connectivity index (χ3n) is 1.74. The van der Waals surface area contributed by atoms with Crippen molar-refractivity contribution < 1.29 is 0 Å². The molecule has 78 valence electrons. The van der Waals surface area contributed by atoms with Gasteiger partial charge in [-0.3, -0.25) is 0 Å². The number of nitrogens with two attached hydrogens (primary N) is 1. The first-order valence-electron chi connectivity index (χ1n) is 4.50. The van der Waals surface area contributed by atoms with Crippen LogP contribution in [0.1, 0.15) is 12.8 Å². The highest BCUT2D eigenvalue weighted by atomic mass is 79.9. The first kappa shape index (κ1) is 11.9. The molecule has 0 aliphatic carbocycles. The lowest BCUT2D eigenvalue weighted by atomic mass is 10.3. The Balaban J connectivity index is 2.39. The van der Waals surface area contributed by atoms with Crippen molar-refractivity contribution in [2.24, 2.45) is 5.73 Å². The number of halogens is 2. The molecule has 0 radical (unpaired) electrons. The van der Waals surface area contributed by atoms with Crippen LogP contribution in [0, 0.1) is 0 Å². The number of pyridine rings is 1. The Morgan fingerprint density at radius 1 is 1.29 bits per heavy atom. The molecule has 1 aromatic heterocycles. The summed E-state index contributed by atoms with van der Waals surface area (Å²) in [5, 5.41) is 3.23. The van der Waals surface area contributed by atoms with E-state index in [0.717, 1.165) is 40.8 Å². The van der Waals surface area contributed by atoms with Crippen LogP contribution in [0.25, 0.3) is 0 Å². The maximum absolute atomic E-state index is 5.39. The molecule has 0 saturated heterocycles. The highest BCUT2D eigenvalue weighted by molar-refractivity contribution is 9.13. The summed E-state index contributed by atoms with van der Waals surface area (Å²) in [6, 6.07) is 3.90. The second kappa shape index (κ2) is 6.37. The summed E-state index contributed by atoms with van der Waals surface area (Å²) in [4.78, 5) is 4.30. The molecule has 14 heavy (non-hydrogen) atoms. The van der Waals surface area contributed by atoms with E-state index < -0.39 is 0 Å². The molecule has 1 heterocycles. The maximum atomic E-state index is 5.39. The maximum Gasteiger partial charge on any atom is 0.127 e. The molecule has 0 bridgehead atoms. The number of nitrogens with one attached hydrogen (secondary N) is 1. The van der Waals surface area contributed by atoms with E-state index in [9.17, 15) is 0 Å². The summed E-state index contributed by atoms with van der Waals surface area (Å²) in [5.41, 5.74) is 5.39. The van der Waals surface area contributed by atoms with Gasteiger partial charge >= 0.3 is 0 Å². The van der Waals surface area contributed by atoms with Gasteiger partial charge in [0.2, 0.25) is 0 Å². The number of rotatable bonds is 5. The Morgan fingerprint density at radius 3 is 2.71 bits per heavy atom. The number of hydrogen-bond acceptors (Lipinski definition) is 3. The summed E-state index contributed by atoms with van der Waals surface area (Å²) in [6.07, 6.45) is 2.12. The number of nitrogens with zero attached hydrogens (tertiary/aromatic N) is 1. The average Bonchev–Trinajstić information content (AvgIpc) is 2.18. The van der Waals surface area contributed by atoms with E-state index in [1.807, 2.05) is 12.1 Å². The van der Waals surface area contributed by atoms with Crippen molar-refractivity contribution in [2.45, 2.75) is 12.8 Å². The summed E-state index contributed by atoms with van der Waals surface area (Å²) >= 11 is 6.72. The third-order valence-corrected chi connectivity index (χ3v) is 3.52. The molecule has 0 aliphatic heterocycles. The Labute approximate surface area is 101 Å². The second-order valence-electron chi connectivity index (χ2n) is 2.89. The minimum Gasteiger partial charge on any atom is -0.370 e. The monoisotopic (exact) mass is 321 g/mol. The lowest BCUT2D eigenvalue weighted by Crippen LogP contribution is -2.06. The van der Waals surface area contributed by atoms with Crippen molar-refractivity contribution in [1.82, 2.24) is 4.98 Å². The Bertz CT molecular complexity index is 291. The molecule has 1 rings (SSSR count). The van der Waals surface area contributed by atoms with Crippen LogP contribution in [-0.4, -0.2) is 18.1 Å². The first-order chi connectivity index (χ1) is 6.74.